The molecule has 1 amide bonds. The first-order valence-corrected chi connectivity index (χ1v) is 8.69. The van der Waals surface area contributed by atoms with Gasteiger partial charge >= 0.3 is 0 Å². The third-order valence-electron chi connectivity index (χ3n) is 4.15. The highest BCUT2D eigenvalue weighted by Gasteiger charge is 2.16. The number of hydrogen-bond donors (Lipinski definition) is 1. The molecule has 0 heterocycles. The van der Waals surface area contributed by atoms with E-state index in [0.29, 0.717) is 24.4 Å². The number of carbonyl (C=O) groups excluding carboxylic acids is 1. The van der Waals surface area contributed by atoms with Gasteiger partial charge in [-0.05, 0) is 55.9 Å². The lowest BCUT2D eigenvalue weighted by Gasteiger charge is -2.25. The van der Waals surface area contributed by atoms with Gasteiger partial charge in [0.05, 0.1) is 13.2 Å². The lowest BCUT2D eigenvalue weighted by Crippen LogP contribution is -2.34. The van der Waals surface area contributed by atoms with E-state index in [4.69, 9.17) is 16.3 Å². The van der Waals surface area contributed by atoms with Crippen molar-refractivity contribution in [2.24, 2.45) is 0 Å². The molecule has 2 aromatic carbocycles. The molecule has 0 aromatic heterocycles. The van der Waals surface area contributed by atoms with Gasteiger partial charge in [0.1, 0.15) is 5.75 Å². The molecule has 0 bridgehead atoms. The van der Waals surface area contributed by atoms with E-state index >= 15 is 0 Å². The average molecular weight is 361 g/mol. The molecule has 1 N–H and O–H groups in total. The molecule has 0 saturated carbocycles. The normalized spacial score (nSPS) is 12.0. The zero-order valence-electron chi connectivity index (χ0n) is 15.0. The zero-order valence-corrected chi connectivity index (χ0v) is 15.7. The van der Waals surface area contributed by atoms with Crippen LogP contribution in [0.4, 0.5) is 0 Å². The monoisotopic (exact) mass is 360 g/mol. The molecule has 0 aliphatic carbocycles. The van der Waals surface area contributed by atoms with Crippen LogP contribution in [0.1, 0.15) is 23.6 Å². The predicted octanol–water partition coefficient (Wildman–Crippen LogP) is 3.70. The molecule has 4 nitrogen and oxygen atoms in total. The Balaban J connectivity index is 1.89. The Labute approximate surface area is 154 Å². The second kappa shape index (κ2) is 9.44. The van der Waals surface area contributed by atoms with Gasteiger partial charge in [0.2, 0.25) is 5.91 Å². The molecule has 0 aliphatic rings. The van der Waals surface area contributed by atoms with Crippen LogP contribution in [0.5, 0.6) is 5.75 Å². The Morgan fingerprint density at radius 2 is 1.92 bits per heavy atom. The summed E-state index contributed by atoms with van der Waals surface area (Å²) in [5.41, 5.74) is 2.22. The molecule has 0 fully saturated rings. The standard InChI is InChI=1S/C20H25ClN2O2/c1-23(2)19(16-5-4-6-18(13-16)25-3)14-22-20(24)12-9-15-7-10-17(21)11-8-15/h4-8,10-11,13,19H,9,12,14H2,1-3H3,(H,22,24). The molecular weight excluding hydrogens is 336 g/mol. The van der Waals surface area contributed by atoms with Crippen molar-refractivity contribution in [1.29, 1.82) is 0 Å². The minimum absolute atomic E-state index is 0.0460. The van der Waals surface area contributed by atoms with E-state index in [1.165, 1.54) is 0 Å². The van der Waals surface area contributed by atoms with Crippen LogP contribution in [0, 0.1) is 0 Å². The average Bonchev–Trinajstić information content (AvgIpc) is 2.61. The summed E-state index contributed by atoms with van der Waals surface area (Å²) in [6.45, 7) is 0.555. The van der Waals surface area contributed by atoms with Gasteiger partial charge in [-0.1, -0.05) is 35.9 Å². The van der Waals surface area contributed by atoms with E-state index in [-0.39, 0.29) is 11.9 Å². The van der Waals surface area contributed by atoms with Crippen molar-refractivity contribution in [3.63, 3.8) is 0 Å². The predicted molar refractivity (Wildman–Crippen MR) is 102 cm³/mol. The maximum absolute atomic E-state index is 12.2. The highest BCUT2D eigenvalue weighted by molar-refractivity contribution is 6.30. The third kappa shape index (κ3) is 6.07. The van der Waals surface area contributed by atoms with Crippen molar-refractivity contribution in [2.75, 3.05) is 27.7 Å². The Morgan fingerprint density at radius 3 is 2.56 bits per heavy atom. The molecule has 1 unspecified atom stereocenters. The largest absolute Gasteiger partial charge is 0.497 e. The Morgan fingerprint density at radius 1 is 1.20 bits per heavy atom. The highest BCUT2D eigenvalue weighted by atomic mass is 35.5. The van der Waals surface area contributed by atoms with Gasteiger partial charge in [-0.2, -0.15) is 0 Å². The number of hydrogen-bond acceptors (Lipinski definition) is 3. The first-order valence-electron chi connectivity index (χ1n) is 8.31. The van der Waals surface area contributed by atoms with Gasteiger partial charge in [-0.3, -0.25) is 4.79 Å². The number of likely N-dealkylation sites (N-methyl/N-ethyl adjacent to an activating group) is 1. The van der Waals surface area contributed by atoms with Gasteiger partial charge in [0, 0.05) is 18.0 Å². The van der Waals surface area contributed by atoms with Crippen molar-refractivity contribution < 1.29 is 9.53 Å². The van der Waals surface area contributed by atoms with Crippen molar-refractivity contribution in [3.05, 3.63) is 64.7 Å². The fraction of sp³-hybridized carbons (Fsp3) is 0.350. The van der Waals surface area contributed by atoms with Crippen molar-refractivity contribution in [3.8, 4) is 5.75 Å². The number of rotatable bonds is 8. The number of benzene rings is 2. The van der Waals surface area contributed by atoms with E-state index in [1.807, 2.05) is 62.6 Å². The molecule has 134 valence electrons. The molecule has 25 heavy (non-hydrogen) atoms. The summed E-state index contributed by atoms with van der Waals surface area (Å²) in [4.78, 5) is 14.3. The fourth-order valence-electron chi connectivity index (χ4n) is 2.66. The number of aryl methyl sites for hydroxylation is 1. The van der Waals surface area contributed by atoms with Crippen LogP contribution in [0.25, 0.3) is 0 Å². The lowest BCUT2D eigenvalue weighted by molar-refractivity contribution is -0.121. The topological polar surface area (TPSA) is 41.6 Å². The molecule has 0 saturated heterocycles. The van der Waals surface area contributed by atoms with Crippen LogP contribution in [0.15, 0.2) is 48.5 Å². The quantitative estimate of drug-likeness (QED) is 0.780. The summed E-state index contributed by atoms with van der Waals surface area (Å²) in [6, 6.07) is 15.6. The molecule has 1 atom stereocenters. The maximum Gasteiger partial charge on any atom is 0.220 e. The summed E-state index contributed by atoms with van der Waals surface area (Å²) in [6.07, 6.45) is 1.16. The molecular formula is C20H25ClN2O2. The van der Waals surface area contributed by atoms with Gasteiger partial charge in [0.25, 0.3) is 0 Å². The molecule has 0 aliphatic heterocycles. The molecule has 2 rings (SSSR count). The Hall–Kier alpha value is -2.04. The fourth-order valence-corrected chi connectivity index (χ4v) is 2.78. The van der Waals surface area contributed by atoms with Crippen molar-refractivity contribution >= 4 is 17.5 Å². The summed E-state index contributed by atoms with van der Waals surface area (Å²) in [7, 11) is 5.66. The van der Waals surface area contributed by atoms with E-state index in [0.717, 1.165) is 16.9 Å². The minimum Gasteiger partial charge on any atom is -0.497 e. The maximum atomic E-state index is 12.2. The van der Waals surface area contributed by atoms with Gasteiger partial charge in [-0.15, -0.1) is 0 Å². The number of nitrogens with one attached hydrogen (secondary N) is 1. The van der Waals surface area contributed by atoms with Gasteiger partial charge < -0.3 is 15.0 Å². The van der Waals surface area contributed by atoms with Crippen LogP contribution in [0.3, 0.4) is 0 Å². The Kier molecular flexibility index (Phi) is 7.29. The number of halogens is 1. The molecule has 5 heteroatoms. The van der Waals surface area contributed by atoms with E-state index in [2.05, 4.69) is 10.2 Å². The van der Waals surface area contributed by atoms with E-state index in [1.54, 1.807) is 7.11 Å². The summed E-state index contributed by atoms with van der Waals surface area (Å²) in [5, 5.41) is 3.74. The minimum atomic E-state index is 0.0460. The molecule has 2 aromatic rings. The molecule has 0 spiro atoms. The second-order valence-corrected chi connectivity index (χ2v) is 6.62. The number of nitrogens with zero attached hydrogens (tertiary/aromatic N) is 1. The second-order valence-electron chi connectivity index (χ2n) is 6.19. The van der Waals surface area contributed by atoms with Crippen molar-refractivity contribution in [2.45, 2.75) is 18.9 Å². The van der Waals surface area contributed by atoms with Crippen LogP contribution in [0.2, 0.25) is 5.02 Å². The number of ether oxygens (including phenoxy) is 1. The van der Waals surface area contributed by atoms with E-state index < -0.39 is 0 Å². The zero-order chi connectivity index (χ0) is 18.2. The third-order valence-corrected chi connectivity index (χ3v) is 4.40. The first-order chi connectivity index (χ1) is 12.0. The van der Waals surface area contributed by atoms with Gasteiger partial charge in [-0.25, -0.2) is 0 Å². The SMILES string of the molecule is COc1cccc(C(CNC(=O)CCc2ccc(Cl)cc2)N(C)C)c1. The number of amides is 1. The summed E-state index contributed by atoms with van der Waals surface area (Å²) >= 11 is 5.88. The lowest BCUT2D eigenvalue weighted by atomic mass is 10.1. The molecule has 0 radical (unpaired) electrons. The van der Waals surface area contributed by atoms with Crippen LogP contribution >= 0.6 is 11.6 Å². The van der Waals surface area contributed by atoms with Crippen LogP contribution < -0.4 is 10.1 Å². The number of carbonyl (C=O) groups is 1. The number of methoxy groups -OCH3 is 1. The smallest absolute Gasteiger partial charge is 0.220 e. The van der Waals surface area contributed by atoms with E-state index in [9.17, 15) is 4.79 Å². The summed E-state index contributed by atoms with van der Waals surface area (Å²) < 4.78 is 5.29. The Bertz CT molecular complexity index is 686. The first kappa shape index (κ1) is 19.3. The van der Waals surface area contributed by atoms with Crippen LogP contribution in [-0.4, -0.2) is 38.6 Å². The summed E-state index contributed by atoms with van der Waals surface area (Å²) in [5.74, 6) is 0.864. The highest BCUT2D eigenvalue weighted by Crippen LogP contribution is 2.22. The van der Waals surface area contributed by atoms with Gasteiger partial charge in [0.15, 0.2) is 0 Å². The van der Waals surface area contributed by atoms with Crippen molar-refractivity contribution in [1.82, 2.24) is 10.2 Å². The van der Waals surface area contributed by atoms with Crippen LogP contribution in [-0.2, 0) is 11.2 Å².